The standard InChI is InChI=1S/C12H19NO2.C11H15NO2.C10H13NO2.C10H15NO2.C9H11NO2.2C8H11NO2.C7H9NO2.C6H7NO2.C5H5NO2/c1-2-3-4-5-6-7-10-13-11(14)8-9-12(13)15;13-10-7-8-11(14)12(10)9-5-3-1-2-4-6-9;12-9-6-7-10(13)11(9)8-4-2-1-3-5-8;1-2-3-4-5-8-11-9(12)6-7-10(11)13;11-8-5-6-9(12)10(8)7-3-1-2-4-7;1-4-9-7(10)5(2)6(3)8(9)11;1-2-3-6-9-7(10)4-5-8(9)11;1-3-8-6(9)4-5(2)7(8)10;1-2-7-5(8)3-4-6(7)9;1-6-4(7)2-3-5(6)8/h8-9H,2-7,10H2,1H3;7-9H,1-6H2;6-8H,1-5H2;6-7H,2-5,8H2,1H3;5-7H,1-4H2;4H2,1-3H3;4-5H,2-3,6H2,1H3;4H,3H2,1-2H3;3-4H,2H2,1H3;2-3H,1H3. The number of imide groups is 10. The Morgan fingerprint density at radius 3 is 0.707 bits per heavy atom. The Balaban J connectivity index is 0.000000272. The maximum atomic E-state index is 11.4. The summed E-state index contributed by atoms with van der Waals surface area (Å²) in [5, 5.41) is 0. The van der Waals surface area contributed by atoms with E-state index < -0.39 is 0 Å². The minimum absolute atomic E-state index is 0.123. The van der Waals surface area contributed by atoms with E-state index in [2.05, 4.69) is 13.8 Å². The highest BCUT2D eigenvalue weighted by Gasteiger charge is 2.36. The number of unbranched alkanes of at least 4 members (excludes halogenated alkanes) is 9. The summed E-state index contributed by atoms with van der Waals surface area (Å²) in [6, 6.07) is 0.510. The Kier molecular flexibility index (Phi) is 42.6. The minimum Gasteiger partial charge on any atom is -0.279 e. The highest BCUT2D eigenvalue weighted by molar-refractivity contribution is 6.20. The molecule has 0 spiro atoms. The summed E-state index contributed by atoms with van der Waals surface area (Å²) >= 11 is 0. The number of rotatable bonds is 21. The number of carbonyl (C=O) groups excluding carboxylic acids is 20. The largest absolute Gasteiger partial charge is 0.279 e. The summed E-state index contributed by atoms with van der Waals surface area (Å²) in [4.78, 5) is 233. The zero-order valence-corrected chi connectivity index (χ0v) is 69.0. The fraction of sp³-hybridized carbons (Fsp3) is 0.535. The van der Waals surface area contributed by atoms with Crippen molar-refractivity contribution in [1.82, 2.24) is 49.0 Å². The molecule has 0 radical (unpaired) electrons. The normalized spacial score (nSPS) is 19.6. The summed E-state index contributed by atoms with van der Waals surface area (Å²) in [7, 11) is 1.45. The lowest BCUT2D eigenvalue weighted by atomic mass is 9.94. The molecule has 10 heterocycles. The average Bonchev–Trinajstić information content (AvgIpc) is 1.64. The van der Waals surface area contributed by atoms with E-state index in [9.17, 15) is 95.9 Å². The maximum Gasteiger partial charge on any atom is 0.256 e. The molecule has 3 aliphatic carbocycles. The van der Waals surface area contributed by atoms with Gasteiger partial charge in [-0.3, -0.25) is 145 Å². The molecule has 0 saturated heterocycles. The Morgan fingerprint density at radius 1 is 0.241 bits per heavy atom. The highest BCUT2D eigenvalue weighted by Crippen LogP contribution is 2.28. The van der Waals surface area contributed by atoms with Gasteiger partial charge in [0.1, 0.15) is 0 Å². The van der Waals surface area contributed by atoms with Crippen molar-refractivity contribution in [2.45, 2.75) is 254 Å². The van der Waals surface area contributed by atoms with Crippen molar-refractivity contribution in [3.8, 4) is 0 Å². The monoisotopic (exact) mass is 1610 g/mol. The quantitative estimate of drug-likeness (QED) is 0.0588. The predicted molar refractivity (Wildman–Crippen MR) is 429 cm³/mol. The van der Waals surface area contributed by atoms with Crippen LogP contribution in [-0.4, -0.2) is 232 Å². The van der Waals surface area contributed by atoms with Gasteiger partial charge in [0, 0.05) is 184 Å². The van der Waals surface area contributed by atoms with Crippen LogP contribution in [-0.2, 0) is 95.9 Å². The number of nitrogens with zero attached hydrogens (tertiary/aromatic N) is 10. The van der Waals surface area contributed by atoms with Crippen LogP contribution < -0.4 is 0 Å². The molecule has 13 rings (SSSR count). The Hall–Kier alpha value is -11.2. The topological polar surface area (TPSA) is 374 Å². The van der Waals surface area contributed by atoms with Gasteiger partial charge in [0.25, 0.3) is 118 Å². The summed E-state index contributed by atoms with van der Waals surface area (Å²) in [5.74, 6) is -3.30. The molecule has 3 fully saturated rings. The summed E-state index contributed by atoms with van der Waals surface area (Å²) in [5.41, 5.74) is 1.69. The van der Waals surface area contributed by atoms with Crippen molar-refractivity contribution in [1.29, 1.82) is 0 Å². The van der Waals surface area contributed by atoms with Crippen LogP contribution in [0.1, 0.15) is 236 Å². The molecule has 20 amide bonds. The van der Waals surface area contributed by atoms with Crippen LogP contribution >= 0.6 is 0 Å². The van der Waals surface area contributed by atoms with E-state index in [1.165, 1.54) is 212 Å². The number of amides is 20. The molecule has 30 nitrogen and oxygen atoms in total. The van der Waals surface area contributed by atoms with Gasteiger partial charge in [-0.1, -0.05) is 136 Å². The Labute approximate surface area is 680 Å². The fourth-order valence-electron chi connectivity index (χ4n) is 13.6. The van der Waals surface area contributed by atoms with Gasteiger partial charge in [0.15, 0.2) is 0 Å². The molecule has 0 aromatic carbocycles. The van der Waals surface area contributed by atoms with Crippen LogP contribution in [0.3, 0.4) is 0 Å². The second-order valence-corrected chi connectivity index (χ2v) is 28.8. The van der Waals surface area contributed by atoms with Crippen molar-refractivity contribution >= 4 is 118 Å². The van der Waals surface area contributed by atoms with E-state index in [-0.39, 0.29) is 136 Å². The van der Waals surface area contributed by atoms with Crippen molar-refractivity contribution in [2.75, 3.05) is 46.3 Å². The third-order valence-corrected chi connectivity index (χ3v) is 20.5. The molecule has 0 bridgehead atoms. The molecule has 0 aromatic heterocycles. The predicted octanol–water partition coefficient (Wildman–Crippen LogP) is 8.71. The van der Waals surface area contributed by atoms with E-state index in [0.29, 0.717) is 56.0 Å². The van der Waals surface area contributed by atoms with Crippen molar-refractivity contribution in [3.63, 3.8) is 0 Å². The van der Waals surface area contributed by atoms with Crippen LogP contribution in [0.5, 0.6) is 0 Å². The Morgan fingerprint density at radius 2 is 0.474 bits per heavy atom. The molecule has 10 aliphatic heterocycles. The van der Waals surface area contributed by atoms with Gasteiger partial charge in [-0.15, -0.1) is 0 Å². The molecule has 3 saturated carbocycles. The fourth-order valence-corrected chi connectivity index (χ4v) is 13.6. The van der Waals surface area contributed by atoms with Gasteiger partial charge < -0.3 is 0 Å². The van der Waals surface area contributed by atoms with Crippen molar-refractivity contribution < 1.29 is 95.9 Å². The van der Waals surface area contributed by atoms with E-state index in [4.69, 9.17) is 0 Å². The number of carbonyl (C=O) groups is 20. The molecular weight excluding hydrogens is 1490 g/mol. The SMILES string of the molecule is CCCCCCCCN1C(=O)C=CC1=O.CCCCCCN1C(=O)C=CC1=O.CCCCN1C(=O)C=CC1=O.CCN1C(=O)C(C)=C(C)C1=O.CCN1C(=O)C=C(C)C1=O.CCN1C(=O)C=CC1=O.CN1C(=O)C=CC1=O.O=C1C=CC(=O)N1C1CCCC1.O=C1C=CC(=O)N1C1CCCCC1.O=C1C=CC(=O)N1C1CCCCCC1. The molecule has 0 unspecified atom stereocenters. The highest BCUT2D eigenvalue weighted by atomic mass is 16.2. The lowest BCUT2D eigenvalue weighted by Gasteiger charge is -2.29. The molecule has 30 heteroatoms. The summed E-state index contributed by atoms with van der Waals surface area (Å²) in [6.07, 6.45) is 52.4. The third kappa shape index (κ3) is 29.9. The number of likely N-dealkylation sites (N-methyl/N-ethyl adjacent to an activating group) is 4. The Bertz CT molecular complexity index is 3810. The van der Waals surface area contributed by atoms with Crippen LogP contribution in [0.2, 0.25) is 0 Å². The first kappa shape index (κ1) is 97.2. The average molecular weight is 1610 g/mol. The second kappa shape index (κ2) is 50.9. The second-order valence-electron chi connectivity index (χ2n) is 28.8. The third-order valence-electron chi connectivity index (χ3n) is 20.5. The van der Waals surface area contributed by atoms with Gasteiger partial charge in [-0.25, -0.2) is 0 Å². The molecule has 630 valence electrons. The summed E-state index contributed by atoms with van der Waals surface area (Å²) < 4.78 is 0. The van der Waals surface area contributed by atoms with Crippen LogP contribution in [0.15, 0.2) is 120 Å². The molecule has 0 N–H and O–H groups in total. The first-order chi connectivity index (χ1) is 55.3. The smallest absolute Gasteiger partial charge is 0.256 e. The first-order valence-electron chi connectivity index (χ1n) is 40.7. The van der Waals surface area contributed by atoms with Crippen molar-refractivity contribution in [3.05, 3.63) is 120 Å². The molecule has 0 atom stereocenters. The van der Waals surface area contributed by atoms with Gasteiger partial charge in [-0.2, -0.15) is 0 Å². The zero-order valence-electron chi connectivity index (χ0n) is 69.0. The van der Waals surface area contributed by atoms with Crippen molar-refractivity contribution in [2.24, 2.45) is 0 Å². The van der Waals surface area contributed by atoms with Gasteiger partial charge in [0.2, 0.25) is 0 Å². The molecule has 13 aliphatic rings. The minimum atomic E-state index is -0.241. The lowest BCUT2D eigenvalue weighted by Crippen LogP contribution is -2.41. The van der Waals surface area contributed by atoms with Crippen LogP contribution in [0.25, 0.3) is 0 Å². The first-order valence-corrected chi connectivity index (χ1v) is 40.7. The maximum absolute atomic E-state index is 11.4. The van der Waals surface area contributed by atoms with Gasteiger partial charge in [0.05, 0.1) is 0 Å². The molecule has 0 aromatic rings. The van der Waals surface area contributed by atoms with E-state index in [1.807, 2.05) is 6.92 Å². The number of hydrogen-bond donors (Lipinski definition) is 0. The van der Waals surface area contributed by atoms with E-state index >= 15 is 0 Å². The van der Waals surface area contributed by atoms with Crippen LogP contribution in [0.4, 0.5) is 0 Å². The van der Waals surface area contributed by atoms with Gasteiger partial charge >= 0.3 is 0 Å². The van der Waals surface area contributed by atoms with Crippen LogP contribution in [0, 0.1) is 0 Å². The van der Waals surface area contributed by atoms with E-state index in [1.54, 1.807) is 41.5 Å². The van der Waals surface area contributed by atoms with Gasteiger partial charge in [-0.05, 0) is 99.3 Å². The molecular formula is C86H116N10O20. The van der Waals surface area contributed by atoms with E-state index in [0.717, 1.165) is 120 Å². The lowest BCUT2D eigenvalue weighted by molar-refractivity contribution is -0.141. The zero-order chi connectivity index (χ0) is 86.1. The summed E-state index contributed by atoms with van der Waals surface area (Å²) in [6.45, 7) is 19.8. The number of hydrogen-bond acceptors (Lipinski definition) is 20. The molecule has 116 heavy (non-hydrogen) atoms.